The number of hydrogen-bond acceptors (Lipinski definition) is 4. The fourth-order valence-corrected chi connectivity index (χ4v) is 3.54. The van der Waals surface area contributed by atoms with Gasteiger partial charge in [0.25, 0.3) is 0 Å². The van der Waals surface area contributed by atoms with Crippen molar-refractivity contribution in [3.05, 3.63) is 29.8 Å². The van der Waals surface area contributed by atoms with Crippen molar-refractivity contribution in [3.63, 3.8) is 0 Å². The zero-order valence-electron chi connectivity index (χ0n) is 12.0. The maximum Gasteiger partial charge on any atom is 0.242 e. The summed E-state index contributed by atoms with van der Waals surface area (Å²) in [5.41, 5.74) is 1.06. The largest absolute Gasteiger partial charge is 0.377 e. The van der Waals surface area contributed by atoms with E-state index in [1.54, 1.807) is 19.2 Å². The molecule has 0 amide bonds. The molecule has 1 aromatic rings. The molecule has 5 nitrogen and oxygen atoms in total. The molecular formula is C14H22N2O3S. The lowest BCUT2D eigenvalue weighted by molar-refractivity contribution is 0.0979. The van der Waals surface area contributed by atoms with Crippen LogP contribution in [0.1, 0.15) is 18.4 Å². The normalized spacial score (nSPS) is 19.6. The molecule has 0 bridgehead atoms. The summed E-state index contributed by atoms with van der Waals surface area (Å²) in [6.45, 7) is 1.88. The number of likely N-dealkylation sites (N-methyl/N-ethyl adjacent to an activating group) is 1. The van der Waals surface area contributed by atoms with E-state index in [-0.39, 0.29) is 6.10 Å². The summed E-state index contributed by atoms with van der Waals surface area (Å²) >= 11 is 0. The Bertz CT molecular complexity index is 522. The van der Waals surface area contributed by atoms with Gasteiger partial charge in [-0.05, 0) is 37.6 Å². The number of hydrogen-bond donors (Lipinski definition) is 1. The molecule has 1 aliphatic rings. The Kier molecular flexibility index (Phi) is 5.15. The summed E-state index contributed by atoms with van der Waals surface area (Å²) in [5, 5.41) is 3.04. The van der Waals surface area contributed by atoms with Crippen LogP contribution in [0, 0.1) is 0 Å². The van der Waals surface area contributed by atoms with Crippen LogP contribution < -0.4 is 5.32 Å². The number of nitrogens with one attached hydrogen (secondary N) is 1. The number of benzene rings is 1. The van der Waals surface area contributed by atoms with Gasteiger partial charge in [-0.25, -0.2) is 8.42 Å². The average Bonchev–Trinajstić information content (AvgIpc) is 2.92. The molecule has 0 radical (unpaired) electrons. The zero-order valence-corrected chi connectivity index (χ0v) is 12.8. The van der Waals surface area contributed by atoms with E-state index in [1.807, 2.05) is 19.2 Å². The topological polar surface area (TPSA) is 58.6 Å². The Labute approximate surface area is 121 Å². The van der Waals surface area contributed by atoms with E-state index < -0.39 is 10.0 Å². The molecule has 1 aliphatic heterocycles. The van der Waals surface area contributed by atoms with Gasteiger partial charge >= 0.3 is 0 Å². The molecule has 1 heterocycles. The van der Waals surface area contributed by atoms with Crippen LogP contribution in [0.3, 0.4) is 0 Å². The highest BCUT2D eigenvalue weighted by Gasteiger charge is 2.25. The van der Waals surface area contributed by atoms with Crippen molar-refractivity contribution in [1.82, 2.24) is 9.62 Å². The fourth-order valence-electron chi connectivity index (χ4n) is 2.34. The molecule has 6 heteroatoms. The van der Waals surface area contributed by atoms with Gasteiger partial charge in [0.1, 0.15) is 0 Å². The molecule has 0 aliphatic carbocycles. The summed E-state index contributed by atoms with van der Waals surface area (Å²) in [7, 11) is 0.0456. The summed E-state index contributed by atoms with van der Waals surface area (Å²) in [6, 6.07) is 6.99. The highest BCUT2D eigenvalue weighted by Crippen LogP contribution is 2.19. The van der Waals surface area contributed by atoms with Crippen molar-refractivity contribution in [2.75, 3.05) is 27.2 Å². The molecule has 20 heavy (non-hydrogen) atoms. The maximum atomic E-state index is 12.4. The van der Waals surface area contributed by atoms with E-state index >= 15 is 0 Å². The fraction of sp³-hybridized carbons (Fsp3) is 0.571. The van der Waals surface area contributed by atoms with Gasteiger partial charge in [0.15, 0.2) is 0 Å². The van der Waals surface area contributed by atoms with Gasteiger partial charge in [-0.2, -0.15) is 4.31 Å². The molecular weight excluding hydrogens is 276 g/mol. The van der Waals surface area contributed by atoms with Gasteiger partial charge in [0, 0.05) is 26.7 Å². The van der Waals surface area contributed by atoms with Crippen molar-refractivity contribution in [1.29, 1.82) is 0 Å². The van der Waals surface area contributed by atoms with Crippen LogP contribution in [0.25, 0.3) is 0 Å². The number of rotatable bonds is 6. The first-order valence-electron chi connectivity index (χ1n) is 6.85. The van der Waals surface area contributed by atoms with Crippen LogP contribution in [0.5, 0.6) is 0 Å². The predicted molar refractivity (Wildman–Crippen MR) is 78.0 cm³/mol. The molecule has 1 unspecified atom stereocenters. The van der Waals surface area contributed by atoms with Crippen molar-refractivity contribution >= 4 is 10.0 Å². The van der Waals surface area contributed by atoms with Crippen molar-refractivity contribution in [3.8, 4) is 0 Å². The van der Waals surface area contributed by atoms with Crippen molar-refractivity contribution in [2.45, 2.75) is 30.4 Å². The van der Waals surface area contributed by atoms with Crippen LogP contribution in [0.15, 0.2) is 29.2 Å². The van der Waals surface area contributed by atoms with Crippen LogP contribution in [-0.4, -0.2) is 46.1 Å². The molecule has 0 saturated carbocycles. The smallest absolute Gasteiger partial charge is 0.242 e. The van der Waals surface area contributed by atoms with Gasteiger partial charge in [-0.3, -0.25) is 0 Å². The minimum absolute atomic E-state index is 0.0262. The SMILES string of the molecule is CNCc1ccc(S(=O)(=O)N(C)CC2CCCO2)cc1. The molecule has 1 atom stereocenters. The predicted octanol–water partition coefficient (Wildman–Crippen LogP) is 1.21. The molecule has 1 aromatic carbocycles. The minimum atomic E-state index is -3.43. The Morgan fingerprint density at radius 2 is 2.05 bits per heavy atom. The second-order valence-electron chi connectivity index (χ2n) is 5.09. The highest BCUT2D eigenvalue weighted by atomic mass is 32.2. The van der Waals surface area contributed by atoms with Gasteiger partial charge in [-0.15, -0.1) is 0 Å². The van der Waals surface area contributed by atoms with Crippen LogP contribution in [0.2, 0.25) is 0 Å². The lowest BCUT2D eigenvalue weighted by Gasteiger charge is -2.20. The van der Waals surface area contributed by atoms with Gasteiger partial charge in [-0.1, -0.05) is 12.1 Å². The molecule has 0 aromatic heterocycles. The highest BCUT2D eigenvalue weighted by molar-refractivity contribution is 7.89. The molecule has 112 valence electrons. The Morgan fingerprint density at radius 3 is 2.60 bits per heavy atom. The van der Waals surface area contributed by atoms with Gasteiger partial charge < -0.3 is 10.1 Å². The van der Waals surface area contributed by atoms with Gasteiger partial charge in [0.05, 0.1) is 11.0 Å². The Morgan fingerprint density at radius 1 is 1.35 bits per heavy atom. The summed E-state index contributed by atoms with van der Waals surface area (Å²) in [6.07, 6.45) is 1.97. The minimum Gasteiger partial charge on any atom is -0.377 e. The molecule has 1 fully saturated rings. The Hall–Kier alpha value is -0.950. The maximum absolute atomic E-state index is 12.4. The Balaban J connectivity index is 2.07. The number of sulfonamides is 1. The first-order valence-corrected chi connectivity index (χ1v) is 8.29. The van der Waals surface area contributed by atoms with Gasteiger partial charge in [0.2, 0.25) is 10.0 Å². The van der Waals surface area contributed by atoms with E-state index in [0.29, 0.717) is 11.4 Å². The number of nitrogens with zero attached hydrogens (tertiary/aromatic N) is 1. The lowest BCUT2D eigenvalue weighted by atomic mass is 10.2. The molecule has 1 N–H and O–H groups in total. The quantitative estimate of drug-likeness (QED) is 0.857. The van der Waals surface area contributed by atoms with Crippen LogP contribution in [0.4, 0.5) is 0 Å². The van der Waals surface area contributed by atoms with E-state index in [0.717, 1.165) is 31.6 Å². The first kappa shape index (κ1) is 15.4. The molecule has 1 saturated heterocycles. The third-order valence-corrected chi connectivity index (χ3v) is 5.33. The van der Waals surface area contributed by atoms with Crippen LogP contribution >= 0.6 is 0 Å². The third kappa shape index (κ3) is 3.58. The standard InChI is InChI=1S/C14H22N2O3S/c1-15-10-12-5-7-14(8-6-12)20(17,18)16(2)11-13-4-3-9-19-13/h5-8,13,15H,3-4,9-11H2,1-2H3. The molecule has 2 rings (SSSR count). The van der Waals surface area contributed by atoms with E-state index in [1.165, 1.54) is 4.31 Å². The average molecular weight is 298 g/mol. The van der Waals surface area contributed by atoms with E-state index in [4.69, 9.17) is 4.74 Å². The van der Waals surface area contributed by atoms with Crippen LogP contribution in [-0.2, 0) is 21.3 Å². The lowest BCUT2D eigenvalue weighted by Crippen LogP contribution is -2.34. The van der Waals surface area contributed by atoms with E-state index in [9.17, 15) is 8.42 Å². The number of ether oxygens (including phenoxy) is 1. The summed E-state index contributed by atoms with van der Waals surface area (Å²) < 4.78 is 31.8. The van der Waals surface area contributed by atoms with Crippen molar-refractivity contribution < 1.29 is 13.2 Å². The second-order valence-corrected chi connectivity index (χ2v) is 7.14. The van der Waals surface area contributed by atoms with Crippen molar-refractivity contribution in [2.24, 2.45) is 0 Å². The zero-order chi connectivity index (χ0) is 14.6. The summed E-state index contributed by atoms with van der Waals surface area (Å²) in [4.78, 5) is 0.331. The first-order chi connectivity index (χ1) is 9.54. The third-order valence-electron chi connectivity index (χ3n) is 3.50. The second kappa shape index (κ2) is 6.67. The summed E-state index contributed by atoms with van der Waals surface area (Å²) in [5.74, 6) is 0. The molecule has 0 spiro atoms. The monoisotopic (exact) mass is 298 g/mol. The van der Waals surface area contributed by atoms with E-state index in [2.05, 4.69) is 5.32 Å².